The molecule has 0 aromatic rings. The van der Waals surface area contributed by atoms with E-state index in [-0.39, 0.29) is 5.91 Å². The summed E-state index contributed by atoms with van der Waals surface area (Å²) in [7, 11) is 0. The van der Waals surface area contributed by atoms with Crippen molar-refractivity contribution in [1.82, 2.24) is 15.5 Å². The lowest BCUT2D eigenvalue weighted by Crippen LogP contribution is -2.37. The molecular formula is C11H21N3O. The summed E-state index contributed by atoms with van der Waals surface area (Å²) in [4.78, 5) is 13.3. The molecule has 2 N–H and O–H groups in total. The van der Waals surface area contributed by atoms with Crippen LogP contribution >= 0.6 is 0 Å². The van der Waals surface area contributed by atoms with Gasteiger partial charge < -0.3 is 10.6 Å². The van der Waals surface area contributed by atoms with Crippen molar-refractivity contribution in [2.45, 2.75) is 38.3 Å². The van der Waals surface area contributed by atoms with E-state index in [9.17, 15) is 4.79 Å². The zero-order valence-corrected chi connectivity index (χ0v) is 9.46. The lowest BCUT2D eigenvalue weighted by Gasteiger charge is -2.16. The summed E-state index contributed by atoms with van der Waals surface area (Å²) in [5.74, 6) is 0.0953. The van der Waals surface area contributed by atoms with Crippen LogP contribution in [0.5, 0.6) is 0 Å². The molecule has 4 nitrogen and oxygen atoms in total. The number of nitrogens with zero attached hydrogens (tertiary/aromatic N) is 1. The Hall–Kier alpha value is -0.610. The molecule has 1 aliphatic carbocycles. The van der Waals surface area contributed by atoms with Crippen LogP contribution in [-0.4, -0.2) is 49.1 Å². The number of likely N-dealkylation sites (tertiary alicyclic amines) is 1. The molecule has 2 rings (SSSR count). The highest BCUT2D eigenvalue weighted by molar-refractivity contribution is 5.73. The molecule has 0 spiro atoms. The Morgan fingerprint density at radius 3 is 2.80 bits per heavy atom. The van der Waals surface area contributed by atoms with E-state index < -0.39 is 0 Å². The fourth-order valence-corrected chi connectivity index (χ4v) is 2.16. The molecule has 1 atom stereocenters. The van der Waals surface area contributed by atoms with Crippen LogP contribution < -0.4 is 10.6 Å². The van der Waals surface area contributed by atoms with Crippen molar-refractivity contribution >= 4 is 5.91 Å². The summed E-state index contributed by atoms with van der Waals surface area (Å²) in [5.41, 5.74) is 0. The van der Waals surface area contributed by atoms with Gasteiger partial charge in [-0.05, 0) is 19.3 Å². The maximum Gasteiger partial charge on any atom is 0.217 e. The summed E-state index contributed by atoms with van der Waals surface area (Å²) in [6.07, 6.45) is 3.81. The molecule has 1 aliphatic heterocycles. The predicted octanol–water partition coefficient (Wildman–Crippen LogP) is -0.0512. The van der Waals surface area contributed by atoms with Gasteiger partial charge in [0.05, 0.1) is 0 Å². The average Bonchev–Trinajstić information content (AvgIpc) is 2.88. The normalized spacial score (nSPS) is 26.9. The van der Waals surface area contributed by atoms with E-state index in [2.05, 4.69) is 15.5 Å². The molecule has 2 fully saturated rings. The third kappa shape index (κ3) is 3.80. The Bertz CT molecular complexity index is 228. The number of hydrogen-bond acceptors (Lipinski definition) is 3. The molecule has 0 aromatic heterocycles. The standard InChI is InChI=1S/C11H21N3O/c1-9(15)13-11-4-6-14(8-11)7-5-12-10-2-3-10/h10-12H,2-8H2,1H3,(H,13,15). The van der Waals surface area contributed by atoms with Crippen molar-refractivity contribution in [2.24, 2.45) is 0 Å². The largest absolute Gasteiger partial charge is 0.352 e. The van der Waals surface area contributed by atoms with Gasteiger partial charge in [0.25, 0.3) is 0 Å². The maximum atomic E-state index is 10.9. The fraction of sp³-hybridized carbons (Fsp3) is 0.909. The highest BCUT2D eigenvalue weighted by Gasteiger charge is 2.24. The van der Waals surface area contributed by atoms with E-state index in [4.69, 9.17) is 0 Å². The Kier molecular flexibility index (Phi) is 3.59. The lowest BCUT2D eigenvalue weighted by molar-refractivity contribution is -0.119. The Labute approximate surface area is 91.4 Å². The van der Waals surface area contributed by atoms with Crippen LogP contribution in [0.1, 0.15) is 26.2 Å². The second kappa shape index (κ2) is 4.94. The van der Waals surface area contributed by atoms with Crippen molar-refractivity contribution in [2.75, 3.05) is 26.2 Å². The minimum absolute atomic E-state index is 0.0953. The zero-order chi connectivity index (χ0) is 10.7. The van der Waals surface area contributed by atoms with E-state index in [1.807, 2.05) is 0 Å². The van der Waals surface area contributed by atoms with Crippen molar-refractivity contribution in [1.29, 1.82) is 0 Å². The molecule has 1 amide bonds. The van der Waals surface area contributed by atoms with Crippen LogP contribution in [-0.2, 0) is 4.79 Å². The Morgan fingerprint density at radius 1 is 1.33 bits per heavy atom. The molecular weight excluding hydrogens is 190 g/mol. The zero-order valence-electron chi connectivity index (χ0n) is 9.46. The Balaban J connectivity index is 1.57. The third-order valence-electron chi connectivity index (χ3n) is 3.12. The molecule has 1 heterocycles. The number of carbonyl (C=O) groups is 1. The van der Waals surface area contributed by atoms with Gasteiger partial charge in [0, 0.05) is 45.2 Å². The monoisotopic (exact) mass is 211 g/mol. The fourth-order valence-electron chi connectivity index (χ4n) is 2.16. The molecule has 0 radical (unpaired) electrons. The van der Waals surface area contributed by atoms with Gasteiger partial charge in [-0.15, -0.1) is 0 Å². The molecule has 2 aliphatic rings. The first-order valence-corrected chi connectivity index (χ1v) is 5.97. The van der Waals surface area contributed by atoms with E-state index in [0.717, 1.165) is 38.6 Å². The topological polar surface area (TPSA) is 44.4 Å². The van der Waals surface area contributed by atoms with Crippen molar-refractivity contribution in [3.8, 4) is 0 Å². The highest BCUT2D eigenvalue weighted by Crippen LogP contribution is 2.18. The average molecular weight is 211 g/mol. The SMILES string of the molecule is CC(=O)NC1CCN(CCNC2CC2)C1. The second-order valence-corrected chi connectivity index (χ2v) is 4.72. The first kappa shape index (κ1) is 10.9. The molecule has 1 saturated carbocycles. The number of rotatable bonds is 5. The smallest absolute Gasteiger partial charge is 0.217 e. The quantitative estimate of drug-likeness (QED) is 0.670. The summed E-state index contributed by atoms with van der Waals surface area (Å²) >= 11 is 0. The molecule has 0 bridgehead atoms. The molecule has 1 saturated heterocycles. The first-order chi connectivity index (χ1) is 7.24. The molecule has 15 heavy (non-hydrogen) atoms. The van der Waals surface area contributed by atoms with Gasteiger partial charge in [-0.1, -0.05) is 0 Å². The minimum atomic E-state index is 0.0953. The van der Waals surface area contributed by atoms with Gasteiger partial charge in [-0.2, -0.15) is 0 Å². The third-order valence-corrected chi connectivity index (χ3v) is 3.12. The summed E-state index contributed by atoms with van der Waals surface area (Å²) in [5, 5.41) is 6.49. The van der Waals surface area contributed by atoms with Crippen LogP contribution in [0.25, 0.3) is 0 Å². The first-order valence-electron chi connectivity index (χ1n) is 5.97. The van der Waals surface area contributed by atoms with Gasteiger partial charge in [0.1, 0.15) is 0 Å². The van der Waals surface area contributed by atoms with Gasteiger partial charge in [0.15, 0.2) is 0 Å². The van der Waals surface area contributed by atoms with Gasteiger partial charge in [0.2, 0.25) is 5.91 Å². The number of amides is 1. The van der Waals surface area contributed by atoms with Crippen LogP contribution in [0.2, 0.25) is 0 Å². The van der Waals surface area contributed by atoms with Crippen LogP contribution in [0.15, 0.2) is 0 Å². The van der Waals surface area contributed by atoms with Crippen molar-refractivity contribution in [3.63, 3.8) is 0 Å². The minimum Gasteiger partial charge on any atom is -0.352 e. The molecule has 1 unspecified atom stereocenters. The van der Waals surface area contributed by atoms with E-state index in [1.54, 1.807) is 6.92 Å². The van der Waals surface area contributed by atoms with E-state index >= 15 is 0 Å². The van der Waals surface area contributed by atoms with Crippen molar-refractivity contribution in [3.05, 3.63) is 0 Å². The summed E-state index contributed by atoms with van der Waals surface area (Å²) in [6, 6.07) is 1.18. The molecule has 0 aromatic carbocycles. The van der Waals surface area contributed by atoms with Gasteiger partial charge in [-0.3, -0.25) is 9.69 Å². The number of nitrogens with one attached hydrogen (secondary N) is 2. The van der Waals surface area contributed by atoms with E-state index in [0.29, 0.717) is 6.04 Å². The lowest BCUT2D eigenvalue weighted by atomic mass is 10.3. The van der Waals surface area contributed by atoms with Crippen LogP contribution in [0.3, 0.4) is 0 Å². The maximum absolute atomic E-state index is 10.9. The summed E-state index contributed by atoms with van der Waals surface area (Å²) in [6.45, 7) is 5.95. The van der Waals surface area contributed by atoms with Crippen LogP contribution in [0, 0.1) is 0 Å². The van der Waals surface area contributed by atoms with Crippen molar-refractivity contribution < 1.29 is 4.79 Å². The van der Waals surface area contributed by atoms with Crippen LogP contribution in [0.4, 0.5) is 0 Å². The molecule has 4 heteroatoms. The Morgan fingerprint density at radius 2 is 2.13 bits per heavy atom. The molecule has 86 valence electrons. The summed E-state index contributed by atoms with van der Waals surface area (Å²) < 4.78 is 0. The predicted molar refractivity (Wildman–Crippen MR) is 59.7 cm³/mol. The highest BCUT2D eigenvalue weighted by atomic mass is 16.1. The number of hydrogen-bond donors (Lipinski definition) is 2. The van der Waals surface area contributed by atoms with Gasteiger partial charge >= 0.3 is 0 Å². The number of carbonyl (C=O) groups excluding carboxylic acids is 1. The second-order valence-electron chi connectivity index (χ2n) is 4.72. The van der Waals surface area contributed by atoms with Gasteiger partial charge in [-0.25, -0.2) is 0 Å². The van der Waals surface area contributed by atoms with E-state index in [1.165, 1.54) is 12.8 Å².